The highest BCUT2D eigenvalue weighted by molar-refractivity contribution is 5.59. The van der Waals surface area contributed by atoms with Crippen LogP contribution in [0, 0.1) is 23.0 Å². The van der Waals surface area contributed by atoms with E-state index in [-0.39, 0.29) is 5.69 Å². The number of nitriles is 1. The minimum Gasteiger partial charge on any atom is -0.237 e. The van der Waals surface area contributed by atoms with Crippen molar-refractivity contribution < 1.29 is 8.78 Å². The van der Waals surface area contributed by atoms with Crippen LogP contribution in [0.25, 0.3) is 11.3 Å². The third kappa shape index (κ3) is 2.04. The second-order valence-corrected chi connectivity index (χ2v) is 3.18. The van der Waals surface area contributed by atoms with Gasteiger partial charge in [0.25, 0.3) is 0 Å². The van der Waals surface area contributed by atoms with Crippen LogP contribution in [0.5, 0.6) is 0 Å². The Morgan fingerprint density at radius 2 is 1.75 bits per heavy atom. The van der Waals surface area contributed by atoms with E-state index < -0.39 is 11.6 Å². The van der Waals surface area contributed by atoms with E-state index in [1.165, 1.54) is 18.2 Å². The predicted molar refractivity (Wildman–Crippen MR) is 54.3 cm³/mol. The van der Waals surface area contributed by atoms with Crippen molar-refractivity contribution in [3.63, 3.8) is 0 Å². The number of halogens is 2. The normalized spacial score (nSPS) is 9.81. The molecule has 78 valence electrons. The predicted octanol–water partition coefficient (Wildman–Crippen LogP) is 2.90. The first-order chi connectivity index (χ1) is 7.69. The van der Waals surface area contributed by atoms with Gasteiger partial charge in [-0.15, -0.1) is 0 Å². The van der Waals surface area contributed by atoms with Gasteiger partial charge in [-0.25, -0.2) is 13.8 Å². The van der Waals surface area contributed by atoms with Crippen LogP contribution in [-0.4, -0.2) is 4.98 Å². The zero-order valence-corrected chi connectivity index (χ0v) is 8.11. The van der Waals surface area contributed by atoms with E-state index in [4.69, 9.17) is 5.26 Å². The SMILES string of the molecule is N#Cc1cccc(-c2cc(F)cc(F)c2)n1. The van der Waals surface area contributed by atoms with Crippen molar-refractivity contribution in [1.82, 2.24) is 4.98 Å². The molecule has 0 spiro atoms. The lowest BCUT2D eigenvalue weighted by molar-refractivity contribution is 0.584. The van der Waals surface area contributed by atoms with Gasteiger partial charge in [-0.1, -0.05) is 6.07 Å². The summed E-state index contributed by atoms with van der Waals surface area (Å²) in [5.74, 6) is -1.33. The van der Waals surface area contributed by atoms with E-state index in [1.807, 2.05) is 6.07 Å². The molecule has 16 heavy (non-hydrogen) atoms. The van der Waals surface area contributed by atoms with Gasteiger partial charge in [-0.05, 0) is 24.3 Å². The smallest absolute Gasteiger partial charge is 0.141 e. The first-order valence-electron chi connectivity index (χ1n) is 4.52. The van der Waals surface area contributed by atoms with Crippen molar-refractivity contribution >= 4 is 0 Å². The Kier molecular flexibility index (Phi) is 2.61. The molecule has 1 heterocycles. The van der Waals surface area contributed by atoms with Crippen molar-refractivity contribution in [3.05, 3.63) is 53.7 Å². The van der Waals surface area contributed by atoms with Gasteiger partial charge >= 0.3 is 0 Å². The van der Waals surface area contributed by atoms with Crippen LogP contribution in [0.3, 0.4) is 0 Å². The fraction of sp³-hybridized carbons (Fsp3) is 0. The van der Waals surface area contributed by atoms with Gasteiger partial charge in [0.2, 0.25) is 0 Å². The van der Waals surface area contributed by atoms with E-state index in [0.29, 0.717) is 11.3 Å². The van der Waals surface area contributed by atoms with Gasteiger partial charge in [0.1, 0.15) is 23.4 Å². The molecule has 2 nitrogen and oxygen atoms in total. The van der Waals surface area contributed by atoms with Crippen LogP contribution in [0.2, 0.25) is 0 Å². The molecule has 0 N–H and O–H groups in total. The van der Waals surface area contributed by atoms with Gasteiger partial charge in [0.15, 0.2) is 0 Å². The van der Waals surface area contributed by atoms with Crippen LogP contribution in [0.15, 0.2) is 36.4 Å². The second-order valence-electron chi connectivity index (χ2n) is 3.18. The van der Waals surface area contributed by atoms with Crippen molar-refractivity contribution in [3.8, 4) is 17.3 Å². The lowest BCUT2D eigenvalue weighted by Crippen LogP contribution is -1.89. The average Bonchev–Trinajstić information content (AvgIpc) is 2.28. The number of pyridine rings is 1. The van der Waals surface area contributed by atoms with E-state index in [1.54, 1.807) is 12.1 Å². The molecular formula is C12H6F2N2. The zero-order chi connectivity index (χ0) is 11.5. The molecule has 0 amide bonds. The van der Waals surface area contributed by atoms with Gasteiger partial charge < -0.3 is 0 Å². The van der Waals surface area contributed by atoms with Crippen LogP contribution >= 0.6 is 0 Å². The topological polar surface area (TPSA) is 36.7 Å². The van der Waals surface area contributed by atoms with Crippen molar-refractivity contribution in [2.75, 3.05) is 0 Å². The molecule has 1 aromatic carbocycles. The van der Waals surface area contributed by atoms with Crippen molar-refractivity contribution in [1.29, 1.82) is 5.26 Å². The van der Waals surface area contributed by atoms with E-state index in [9.17, 15) is 8.78 Å². The van der Waals surface area contributed by atoms with E-state index in [2.05, 4.69) is 4.98 Å². The molecule has 2 aromatic rings. The molecule has 0 unspecified atom stereocenters. The van der Waals surface area contributed by atoms with Crippen LogP contribution in [-0.2, 0) is 0 Å². The first-order valence-corrected chi connectivity index (χ1v) is 4.52. The molecule has 0 aliphatic rings. The highest BCUT2D eigenvalue weighted by Crippen LogP contribution is 2.19. The van der Waals surface area contributed by atoms with Crippen LogP contribution in [0.1, 0.15) is 5.69 Å². The average molecular weight is 216 g/mol. The second kappa shape index (κ2) is 4.07. The lowest BCUT2D eigenvalue weighted by Gasteiger charge is -2.01. The maximum atomic E-state index is 13.0. The highest BCUT2D eigenvalue weighted by atomic mass is 19.1. The van der Waals surface area contributed by atoms with Crippen LogP contribution < -0.4 is 0 Å². The fourth-order valence-electron chi connectivity index (χ4n) is 1.36. The largest absolute Gasteiger partial charge is 0.237 e. The number of benzene rings is 1. The lowest BCUT2D eigenvalue weighted by atomic mass is 10.1. The van der Waals surface area contributed by atoms with Crippen molar-refractivity contribution in [2.24, 2.45) is 0 Å². The van der Waals surface area contributed by atoms with Gasteiger partial charge in [0, 0.05) is 11.6 Å². The number of hydrogen-bond donors (Lipinski definition) is 0. The summed E-state index contributed by atoms with van der Waals surface area (Å²) in [6.07, 6.45) is 0. The molecule has 0 radical (unpaired) electrons. The quantitative estimate of drug-likeness (QED) is 0.734. The van der Waals surface area contributed by atoms with Crippen LogP contribution in [0.4, 0.5) is 8.78 Å². The standard InChI is InChI=1S/C12H6F2N2/c13-9-4-8(5-10(14)6-9)12-3-1-2-11(7-15)16-12/h1-6H. The van der Waals surface area contributed by atoms with Gasteiger partial charge in [-0.3, -0.25) is 0 Å². The summed E-state index contributed by atoms with van der Waals surface area (Å²) in [7, 11) is 0. The Balaban J connectivity index is 2.54. The number of rotatable bonds is 1. The third-order valence-electron chi connectivity index (χ3n) is 2.02. The molecule has 0 fully saturated rings. The molecule has 1 aromatic heterocycles. The maximum Gasteiger partial charge on any atom is 0.141 e. The number of aromatic nitrogens is 1. The van der Waals surface area contributed by atoms with Gasteiger partial charge in [-0.2, -0.15) is 5.26 Å². The summed E-state index contributed by atoms with van der Waals surface area (Å²) in [6.45, 7) is 0. The molecule has 4 heteroatoms. The Morgan fingerprint density at radius 1 is 1.06 bits per heavy atom. The third-order valence-corrected chi connectivity index (χ3v) is 2.02. The molecule has 0 bridgehead atoms. The molecule has 2 rings (SSSR count). The van der Waals surface area contributed by atoms with E-state index >= 15 is 0 Å². The van der Waals surface area contributed by atoms with Crippen molar-refractivity contribution in [2.45, 2.75) is 0 Å². The summed E-state index contributed by atoms with van der Waals surface area (Å²) in [6, 6.07) is 9.74. The zero-order valence-electron chi connectivity index (χ0n) is 8.11. The summed E-state index contributed by atoms with van der Waals surface area (Å²) >= 11 is 0. The molecule has 0 saturated heterocycles. The minimum absolute atomic E-state index is 0.210. The summed E-state index contributed by atoms with van der Waals surface area (Å²) in [5.41, 5.74) is 0.897. The molecule has 0 aliphatic heterocycles. The monoisotopic (exact) mass is 216 g/mol. The van der Waals surface area contributed by atoms with Gasteiger partial charge in [0.05, 0.1) is 5.69 Å². The summed E-state index contributed by atoms with van der Waals surface area (Å²) < 4.78 is 25.9. The molecule has 0 saturated carbocycles. The summed E-state index contributed by atoms with van der Waals surface area (Å²) in [4.78, 5) is 3.95. The number of nitrogens with zero attached hydrogens (tertiary/aromatic N) is 2. The molecule has 0 aliphatic carbocycles. The van der Waals surface area contributed by atoms with E-state index in [0.717, 1.165) is 6.07 Å². The summed E-state index contributed by atoms with van der Waals surface area (Å²) in [5, 5.41) is 8.66. The Labute approximate surface area is 90.8 Å². The molecule has 0 atom stereocenters. The number of hydrogen-bond acceptors (Lipinski definition) is 2. The Hall–Kier alpha value is -2.28. The fourth-order valence-corrected chi connectivity index (χ4v) is 1.36. The maximum absolute atomic E-state index is 13.0. The highest BCUT2D eigenvalue weighted by Gasteiger charge is 2.04. The Bertz CT molecular complexity index is 553. The first kappa shape index (κ1) is 10.2. The Morgan fingerprint density at radius 3 is 2.38 bits per heavy atom. The minimum atomic E-state index is -0.667. The molecular weight excluding hydrogens is 210 g/mol.